The SMILES string of the molecule is C=CCn1c(=O)c2cnc(Nc3ccc4c(cnn4CC)c3)nc2n1-c1cccc(OC2CCNCC2)n1. The Hall–Kier alpha value is -4.51. The number of nitrogens with one attached hydrogen (secondary N) is 2. The molecule has 0 amide bonds. The van der Waals surface area contributed by atoms with Crippen molar-refractivity contribution >= 4 is 33.6 Å². The van der Waals surface area contributed by atoms with E-state index in [0.29, 0.717) is 28.7 Å². The highest BCUT2D eigenvalue weighted by atomic mass is 16.5. The molecule has 2 N–H and O–H groups in total. The molecule has 11 heteroatoms. The molecule has 1 aliphatic heterocycles. The molecule has 1 aliphatic rings. The van der Waals surface area contributed by atoms with Crippen molar-refractivity contribution in [2.75, 3.05) is 18.4 Å². The third-order valence-electron chi connectivity index (χ3n) is 6.67. The van der Waals surface area contributed by atoms with Crippen LogP contribution in [0.5, 0.6) is 5.88 Å². The van der Waals surface area contributed by atoms with Crippen LogP contribution in [0.1, 0.15) is 19.8 Å². The van der Waals surface area contributed by atoms with E-state index in [-0.39, 0.29) is 18.2 Å². The van der Waals surface area contributed by atoms with E-state index < -0.39 is 0 Å². The molecule has 4 aromatic heterocycles. The van der Waals surface area contributed by atoms with E-state index in [4.69, 9.17) is 14.7 Å². The van der Waals surface area contributed by atoms with E-state index in [1.165, 1.54) is 0 Å². The highest BCUT2D eigenvalue weighted by Gasteiger charge is 2.20. The van der Waals surface area contributed by atoms with E-state index >= 15 is 0 Å². The maximum atomic E-state index is 13.3. The van der Waals surface area contributed by atoms with E-state index in [1.807, 2.05) is 47.3 Å². The normalized spacial score (nSPS) is 14.2. The Kier molecular flexibility index (Phi) is 6.34. The van der Waals surface area contributed by atoms with E-state index in [0.717, 1.165) is 49.1 Å². The number of fused-ring (bicyclic) bond motifs is 2. The van der Waals surface area contributed by atoms with Crippen molar-refractivity contribution in [3.63, 3.8) is 0 Å². The van der Waals surface area contributed by atoms with Crippen LogP contribution in [0, 0.1) is 0 Å². The molecular formula is C27H29N9O2. The smallest absolute Gasteiger partial charge is 0.278 e. The Morgan fingerprint density at radius 1 is 1.18 bits per heavy atom. The van der Waals surface area contributed by atoms with E-state index in [2.05, 4.69) is 34.2 Å². The van der Waals surface area contributed by atoms with Gasteiger partial charge in [-0.05, 0) is 57.1 Å². The van der Waals surface area contributed by atoms with Gasteiger partial charge in [-0.1, -0.05) is 12.1 Å². The largest absolute Gasteiger partial charge is 0.474 e. The molecule has 38 heavy (non-hydrogen) atoms. The summed E-state index contributed by atoms with van der Waals surface area (Å²) >= 11 is 0. The number of hydrogen-bond donors (Lipinski definition) is 2. The molecule has 0 spiro atoms. The van der Waals surface area contributed by atoms with Gasteiger partial charge < -0.3 is 15.4 Å². The Balaban J connectivity index is 1.39. The van der Waals surface area contributed by atoms with Gasteiger partial charge in [-0.15, -0.1) is 6.58 Å². The highest BCUT2D eigenvalue weighted by molar-refractivity contribution is 5.83. The summed E-state index contributed by atoms with van der Waals surface area (Å²) in [6, 6.07) is 11.5. The van der Waals surface area contributed by atoms with Gasteiger partial charge in [-0.3, -0.25) is 9.48 Å². The maximum absolute atomic E-state index is 13.3. The maximum Gasteiger partial charge on any atom is 0.278 e. The van der Waals surface area contributed by atoms with Gasteiger partial charge in [0.25, 0.3) is 5.56 Å². The zero-order chi connectivity index (χ0) is 26.1. The summed E-state index contributed by atoms with van der Waals surface area (Å²) in [5, 5.41) is 12.4. The molecule has 5 aromatic rings. The number of piperidine rings is 1. The Morgan fingerprint density at radius 2 is 2.05 bits per heavy atom. The van der Waals surface area contributed by atoms with Crippen LogP contribution in [0.25, 0.3) is 27.8 Å². The summed E-state index contributed by atoms with van der Waals surface area (Å²) in [7, 11) is 0. The molecule has 0 aliphatic carbocycles. The van der Waals surface area contributed by atoms with Crippen LogP contribution in [0.4, 0.5) is 11.6 Å². The van der Waals surface area contributed by atoms with Gasteiger partial charge in [0.2, 0.25) is 11.8 Å². The minimum atomic E-state index is -0.216. The lowest BCUT2D eigenvalue weighted by atomic mass is 10.1. The molecule has 1 aromatic carbocycles. The monoisotopic (exact) mass is 511 g/mol. The second-order valence-electron chi connectivity index (χ2n) is 9.18. The van der Waals surface area contributed by atoms with Crippen LogP contribution in [0.15, 0.2) is 66.2 Å². The molecule has 1 saturated heterocycles. The summed E-state index contributed by atoms with van der Waals surface area (Å²) in [5.41, 5.74) is 2.11. The number of rotatable bonds is 8. The Morgan fingerprint density at radius 3 is 2.87 bits per heavy atom. The predicted molar refractivity (Wildman–Crippen MR) is 146 cm³/mol. The number of hydrogen-bond acceptors (Lipinski definition) is 8. The minimum Gasteiger partial charge on any atom is -0.474 e. The number of anilines is 2. The number of benzene rings is 1. The van der Waals surface area contributed by atoms with Crippen molar-refractivity contribution in [1.82, 2.24) is 39.4 Å². The lowest BCUT2D eigenvalue weighted by molar-refractivity contribution is 0.156. The number of allylic oxidation sites excluding steroid dienone is 1. The first-order valence-electron chi connectivity index (χ1n) is 12.8. The van der Waals surface area contributed by atoms with Crippen molar-refractivity contribution in [2.24, 2.45) is 0 Å². The van der Waals surface area contributed by atoms with Crippen molar-refractivity contribution < 1.29 is 4.74 Å². The topological polar surface area (TPSA) is 117 Å². The summed E-state index contributed by atoms with van der Waals surface area (Å²) in [6.07, 6.45) is 7.01. The third-order valence-corrected chi connectivity index (χ3v) is 6.67. The first-order chi connectivity index (χ1) is 18.6. The van der Waals surface area contributed by atoms with Crippen molar-refractivity contribution in [1.29, 1.82) is 0 Å². The molecular weight excluding hydrogens is 482 g/mol. The number of nitrogens with zero attached hydrogens (tertiary/aromatic N) is 7. The van der Waals surface area contributed by atoms with Gasteiger partial charge in [-0.25, -0.2) is 14.3 Å². The van der Waals surface area contributed by atoms with Crippen LogP contribution in [-0.4, -0.2) is 53.3 Å². The molecule has 11 nitrogen and oxygen atoms in total. The fourth-order valence-corrected chi connectivity index (χ4v) is 4.83. The minimum absolute atomic E-state index is 0.107. The van der Waals surface area contributed by atoms with Gasteiger partial charge in [0, 0.05) is 29.9 Å². The number of ether oxygens (including phenoxy) is 1. The summed E-state index contributed by atoms with van der Waals surface area (Å²) in [4.78, 5) is 27.2. The van der Waals surface area contributed by atoms with Crippen LogP contribution < -0.4 is 20.9 Å². The van der Waals surface area contributed by atoms with Crippen molar-refractivity contribution in [3.05, 3.63) is 71.8 Å². The van der Waals surface area contributed by atoms with E-state index in [1.54, 1.807) is 21.6 Å². The lowest BCUT2D eigenvalue weighted by Gasteiger charge is -2.23. The molecule has 0 radical (unpaired) electrons. The third kappa shape index (κ3) is 4.41. The molecule has 0 atom stereocenters. The van der Waals surface area contributed by atoms with Gasteiger partial charge >= 0.3 is 0 Å². The molecule has 194 valence electrons. The second kappa shape index (κ2) is 10.1. The second-order valence-corrected chi connectivity index (χ2v) is 9.18. The summed E-state index contributed by atoms with van der Waals surface area (Å²) in [5.74, 6) is 1.41. The van der Waals surface area contributed by atoms with E-state index in [9.17, 15) is 4.79 Å². The van der Waals surface area contributed by atoms with Crippen LogP contribution in [0.2, 0.25) is 0 Å². The van der Waals surface area contributed by atoms with Crippen LogP contribution >= 0.6 is 0 Å². The first-order valence-corrected chi connectivity index (χ1v) is 12.8. The zero-order valence-corrected chi connectivity index (χ0v) is 21.2. The Bertz CT molecular complexity index is 1680. The van der Waals surface area contributed by atoms with Crippen LogP contribution in [-0.2, 0) is 13.1 Å². The molecule has 1 fully saturated rings. The molecule has 0 bridgehead atoms. The van der Waals surface area contributed by atoms with Gasteiger partial charge in [0.1, 0.15) is 11.5 Å². The van der Waals surface area contributed by atoms with Crippen LogP contribution in [0.3, 0.4) is 0 Å². The summed E-state index contributed by atoms with van der Waals surface area (Å²) < 4.78 is 11.4. The van der Waals surface area contributed by atoms with Crippen molar-refractivity contribution in [2.45, 2.75) is 39.0 Å². The zero-order valence-electron chi connectivity index (χ0n) is 21.2. The number of aromatic nitrogens is 7. The number of aryl methyl sites for hydroxylation is 1. The fraction of sp³-hybridized carbons (Fsp3) is 0.296. The fourth-order valence-electron chi connectivity index (χ4n) is 4.83. The Labute approximate surface area is 218 Å². The summed E-state index contributed by atoms with van der Waals surface area (Å²) in [6.45, 7) is 8.82. The van der Waals surface area contributed by atoms with Gasteiger partial charge in [0.15, 0.2) is 11.5 Å². The molecule has 0 unspecified atom stereocenters. The molecule has 6 rings (SSSR count). The van der Waals surface area contributed by atoms with Gasteiger partial charge in [-0.2, -0.15) is 15.1 Å². The van der Waals surface area contributed by atoms with Gasteiger partial charge in [0.05, 0.1) is 18.3 Å². The standard InChI is InChI=1S/C27H29N9O2/c1-3-14-35-26(37)21-17-29-27(31-19-8-9-22-18(15-19)16-30-34(22)4-2)33-25(21)36(35)23-6-5-7-24(32-23)38-20-10-12-28-13-11-20/h3,5-9,15-17,20,28H,1,4,10-14H2,2H3,(H,29,31,33). The quantitative estimate of drug-likeness (QED) is 0.305. The first kappa shape index (κ1) is 23.9. The average molecular weight is 512 g/mol. The molecule has 5 heterocycles. The van der Waals surface area contributed by atoms with Crippen molar-refractivity contribution in [3.8, 4) is 11.7 Å². The lowest BCUT2D eigenvalue weighted by Crippen LogP contribution is -2.34. The predicted octanol–water partition coefficient (Wildman–Crippen LogP) is 3.41. The highest BCUT2D eigenvalue weighted by Crippen LogP contribution is 2.23. The average Bonchev–Trinajstić information content (AvgIpc) is 3.47. The molecule has 0 saturated carbocycles. The number of pyridine rings is 1.